The maximum absolute atomic E-state index is 12.7. The Kier molecular flexibility index (Phi) is 6.37. The SMILES string of the molecule is Cc1nc(-c2ccccc2)sc1C(=O)NCc1cccc(COCc2ccco2)c1. The van der Waals surface area contributed by atoms with Crippen LogP contribution in [0.4, 0.5) is 0 Å². The molecule has 0 aliphatic carbocycles. The number of furan rings is 1. The molecule has 4 rings (SSSR count). The third-order valence-electron chi connectivity index (χ3n) is 4.56. The van der Waals surface area contributed by atoms with Crippen molar-refractivity contribution in [2.75, 3.05) is 0 Å². The van der Waals surface area contributed by atoms with Gasteiger partial charge in [0.25, 0.3) is 5.91 Å². The van der Waals surface area contributed by atoms with Crippen molar-refractivity contribution in [3.8, 4) is 10.6 Å². The molecule has 0 unspecified atom stereocenters. The minimum absolute atomic E-state index is 0.105. The van der Waals surface area contributed by atoms with Gasteiger partial charge in [-0.05, 0) is 30.2 Å². The number of amides is 1. The van der Waals surface area contributed by atoms with E-state index in [1.807, 2.05) is 73.7 Å². The Balaban J connectivity index is 1.34. The van der Waals surface area contributed by atoms with Crippen molar-refractivity contribution >= 4 is 17.2 Å². The molecule has 0 aliphatic heterocycles. The number of ether oxygens (including phenoxy) is 1. The van der Waals surface area contributed by atoms with E-state index in [-0.39, 0.29) is 5.91 Å². The Labute approximate surface area is 179 Å². The highest BCUT2D eigenvalue weighted by atomic mass is 32.1. The summed E-state index contributed by atoms with van der Waals surface area (Å²) in [5.41, 5.74) is 3.84. The van der Waals surface area contributed by atoms with E-state index in [2.05, 4.69) is 10.3 Å². The predicted octanol–water partition coefficient (Wildman–Crippen LogP) is 5.36. The molecule has 0 spiro atoms. The summed E-state index contributed by atoms with van der Waals surface area (Å²) in [5.74, 6) is 0.694. The number of benzene rings is 2. The first-order valence-electron chi connectivity index (χ1n) is 9.68. The summed E-state index contributed by atoms with van der Waals surface area (Å²) >= 11 is 1.42. The third kappa shape index (κ3) is 5.03. The standard InChI is InChI=1S/C24H22N2O3S/c1-17-22(30-24(26-17)20-9-3-2-4-10-20)23(27)25-14-18-7-5-8-19(13-18)15-28-16-21-11-6-12-29-21/h2-13H,14-16H2,1H3,(H,25,27). The smallest absolute Gasteiger partial charge is 0.263 e. The Bertz CT molecular complexity index is 1100. The minimum Gasteiger partial charge on any atom is -0.467 e. The molecule has 6 heteroatoms. The number of carbonyl (C=O) groups is 1. The van der Waals surface area contributed by atoms with Crippen LogP contribution in [0, 0.1) is 6.92 Å². The highest BCUT2D eigenvalue weighted by molar-refractivity contribution is 7.17. The minimum atomic E-state index is -0.105. The van der Waals surface area contributed by atoms with Crippen molar-refractivity contribution in [3.63, 3.8) is 0 Å². The van der Waals surface area contributed by atoms with Crippen molar-refractivity contribution in [3.05, 3.63) is 100 Å². The number of thiazole rings is 1. The number of nitrogens with zero attached hydrogens (tertiary/aromatic N) is 1. The molecule has 0 fully saturated rings. The lowest BCUT2D eigenvalue weighted by atomic mass is 10.1. The number of aromatic nitrogens is 1. The highest BCUT2D eigenvalue weighted by Gasteiger charge is 2.16. The van der Waals surface area contributed by atoms with Gasteiger partial charge in [-0.15, -0.1) is 11.3 Å². The second kappa shape index (κ2) is 9.52. The van der Waals surface area contributed by atoms with Gasteiger partial charge in [-0.3, -0.25) is 4.79 Å². The van der Waals surface area contributed by atoms with Gasteiger partial charge in [0.05, 0.1) is 18.6 Å². The first kappa shape index (κ1) is 20.1. The molecule has 2 heterocycles. The van der Waals surface area contributed by atoms with Crippen molar-refractivity contribution in [2.45, 2.75) is 26.7 Å². The van der Waals surface area contributed by atoms with E-state index in [1.165, 1.54) is 11.3 Å². The summed E-state index contributed by atoms with van der Waals surface area (Å²) < 4.78 is 11.0. The first-order valence-corrected chi connectivity index (χ1v) is 10.5. The number of hydrogen-bond donors (Lipinski definition) is 1. The van der Waals surface area contributed by atoms with Crippen molar-refractivity contribution < 1.29 is 13.9 Å². The third-order valence-corrected chi connectivity index (χ3v) is 5.77. The molecular formula is C24H22N2O3S. The highest BCUT2D eigenvalue weighted by Crippen LogP contribution is 2.27. The summed E-state index contributed by atoms with van der Waals surface area (Å²) in [5, 5.41) is 3.86. The van der Waals surface area contributed by atoms with E-state index >= 15 is 0 Å². The number of hydrogen-bond acceptors (Lipinski definition) is 5. The van der Waals surface area contributed by atoms with Crippen LogP contribution in [0.5, 0.6) is 0 Å². The normalized spacial score (nSPS) is 10.8. The van der Waals surface area contributed by atoms with Crippen LogP contribution in [0.25, 0.3) is 10.6 Å². The van der Waals surface area contributed by atoms with E-state index in [0.717, 1.165) is 33.2 Å². The maximum atomic E-state index is 12.7. The van der Waals surface area contributed by atoms with E-state index in [4.69, 9.17) is 9.15 Å². The Morgan fingerprint density at radius 3 is 2.67 bits per heavy atom. The fourth-order valence-corrected chi connectivity index (χ4v) is 4.06. The molecule has 0 bridgehead atoms. The lowest BCUT2D eigenvalue weighted by Crippen LogP contribution is -2.22. The Morgan fingerprint density at radius 2 is 1.87 bits per heavy atom. The van der Waals surface area contributed by atoms with Crippen molar-refractivity contribution in [1.82, 2.24) is 10.3 Å². The molecule has 1 amide bonds. The molecule has 152 valence electrons. The molecule has 2 aromatic heterocycles. The fraction of sp³-hybridized carbons (Fsp3) is 0.167. The molecule has 0 aliphatic rings. The molecule has 1 N–H and O–H groups in total. The lowest BCUT2D eigenvalue weighted by molar-refractivity contribution is 0.0928. The number of carbonyl (C=O) groups excluding carboxylic acids is 1. The number of nitrogens with one attached hydrogen (secondary N) is 1. The molecule has 30 heavy (non-hydrogen) atoms. The van der Waals surface area contributed by atoms with Crippen LogP contribution in [0.15, 0.2) is 77.4 Å². The molecular weight excluding hydrogens is 396 g/mol. The van der Waals surface area contributed by atoms with E-state index < -0.39 is 0 Å². The molecule has 2 aromatic carbocycles. The van der Waals surface area contributed by atoms with Crippen LogP contribution in [0.1, 0.15) is 32.3 Å². The van der Waals surface area contributed by atoms with Crippen molar-refractivity contribution in [1.29, 1.82) is 0 Å². The molecule has 0 radical (unpaired) electrons. The monoisotopic (exact) mass is 418 g/mol. The van der Waals surface area contributed by atoms with Gasteiger partial charge in [-0.1, -0.05) is 54.6 Å². The van der Waals surface area contributed by atoms with Crippen LogP contribution in [-0.2, 0) is 24.5 Å². The number of rotatable bonds is 8. The topological polar surface area (TPSA) is 64.4 Å². The summed E-state index contributed by atoms with van der Waals surface area (Å²) in [4.78, 5) is 17.9. The van der Waals surface area contributed by atoms with Crippen LogP contribution < -0.4 is 5.32 Å². The van der Waals surface area contributed by atoms with Crippen LogP contribution >= 0.6 is 11.3 Å². The zero-order valence-electron chi connectivity index (χ0n) is 16.6. The second-order valence-electron chi connectivity index (χ2n) is 6.87. The summed E-state index contributed by atoms with van der Waals surface area (Å²) in [7, 11) is 0. The predicted molar refractivity (Wildman–Crippen MR) is 117 cm³/mol. The zero-order valence-corrected chi connectivity index (χ0v) is 17.4. The lowest BCUT2D eigenvalue weighted by Gasteiger charge is -2.07. The summed E-state index contributed by atoms with van der Waals surface area (Å²) in [6.45, 7) is 3.23. The van der Waals surface area contributed by atoms with E-state index in [0.29, 0.717) is 24.6 Å². The largest absolute Gasteiger partial charge is 0.467 e. The van der Waals surface area contributed by atoms with Gasteiger partial charge in [-0.25, -0.2) is 4.98 Å². The van der Waals surface area contributed by atoms with Gasteiger partial charge in [0.2, 0.25) is 0 Å². The van der Waals surface area contributed by atoms with Crippen molar-refractivity contribution in [2.24, 2.45) is 0 Å². The molecule has 0 saturated heterocycles. The average molecular weight is 419 g/mol. The molecule has 0 saturated carbocycles. The molecule has 4 aromatic rings. The van der Waals surface area contributed by atoms with Crippen LogP contribution in [-0.4, -0.2) is 10.9 Å². The summed E-state index contributed by atoms with van der Waals surface area (Å²) in [6, 6.07) is 21.6. The maximum Gasteiger partial charge on any atom is 0.263 e. The van der Waals surface area contributed by atoms with Gasteiger partial charge in [0.15, 0.2) is 0 Å². The van der Waals surface area contributed by atoms with Gasteiger partial charge in [0.1, 0.15) is 22.3 Å². The summed E-state index contributed by atoms with van der Waals surface area (Å²) in [6.07, 6.45) is 1.63. The van der Waals surface area contributed by atoms with E-state index in [1.54, 1.807) is 6.26 Å². The first-order chi connectivity index (χ1) is 14.7. The number of aryl methyl sites for hydroxylation is 1. The van der Waals surface area contributed by atoms with Gasteiger partial charge >= 0.3 is 0 Å². The van der Waals surface area contributed by atoms with Gasteiger partial charge in [0, 0.05) is 12.1 Å². The van der Waals surface area contributed by atoms with Gasteiger partial charge < -0.3 is 14.5 Å². The Morgan fingerprint density at radius 1 is 1.03 bits per heavy atom. The Hall–Kier alpha value is -3.22. The van der Waals surface area contributed by atoms with Crippen LogP contribution in [0.3, 0.4) is 0 Å². The van der Waals surface area contributed by atoms with Crippen LogP contribution in [0.2, 0.25) is 0 Å². The zero-order chi connectivity index (χ0) is 20.8. The quantitative estimate of drug-likeness (QED) is 0.418. The van der Waals surface area contributed by atoms with Gasteiger partial charge in [-0.2, -0.15) is 0 Å². The fourth-order valence-electron chi connectivity index (χ4n) is 3.07. The second-order valence-corrected chi connectivity index (χ2v) is 7.87. The molecule has 5 nitrogen and oxygen atoms in total. The molecule has 0 atom stereocenters. The average Bonchev–Trinajstić information content (AvgIpc) is 3.43. The van der Waals surface area contributed by atoms with E-state index in [9.17, 15) is 4.79 Å².